The quantitative estimate of drug-likeness (QED) is 0.498. The highest BCUT2D eigenvalue weighted by molar-refractivity contribution is 5.95. The smallest absolute Gasteiger partial charge is 0.271 e. The first-order valence-electron chi connectivity index (χ1n) is 13.0. The Kier molecular flexibility index (Phi) is 8.51. The van der Waals surface area contributed by atoms with Gasteiger partial charge in [-0.25, -0.2) is 4.98 Å². The van der Waals surface area contributed by atoms with E-state index in [1.807, 2.05) is 59.5 Å². The molecule has 1 aromatic heterocycles. The molecule has 4 rings (SSSR count). The fraction of sp³-hybridized carbons (Fsp3) is 0.367. The number of amides is 3. The number of hydrogen-bond acceptors (Lipinski definition) is 5. The van der Waals surface area contributed by atoms with E-state index in [1.54, 1.807) is 4.90 Å². The Morgan fingerprint density at radius 1 is 1.03 bits per heavy atom. The second-order valence-electron chi connectivity index (χ2n) is 10.6. The van der Waals surface area contributed by atoms with E-state index in [0.717, 1.165) is 11.1 Å². The van der Waals surface area contributed by atoms with Gasteiger partial charge < -0.3 is 15.1 Å². The van der Waals surface area contributed by atoms with Crippen molar-refractivity contribution in [3.05, 3.63) is 95.6 Å². The average Bonchev–Trinajstić information content (AvgIpc) is 3.41. The predicted molar refractivity (Wildman–Crippen MR) is 146 cm³/mol. The number of carbonyl (C=O) groups is 3. The molecule has 38 heavy (non-hydrogen) atoms. The van der Waals surface area contributed by atoms with Gasteiger partial charge in [-0.1, -0.05) is 63.2 Å². The van der Waals surface area contributed by atoms with Crippen molar-refractivity contribution >= 4 is 17.7 Å². The van der Waals surface area contributed by atoms with Crippen molar-refractivity contribution < 1.29 is 14.4 Å². The van der Waals surface area contributed by atoms with E-state index >= 15 is 0 Å². The zero-order chi connectivity index (χ0) is 27.1. The molecule has 1 fully saturated rings. The van der Waals surface area contributed by atoms with Gasteiger partial charge in [-0.05, 0) is 35.1 Å². The molecule has 0 aliphatic carbocycles. The highest BCUT2D eigenvalue weighted by Crippen LogP contribution is 2.24. The van der Waals surface area contributed by atoms with E-state index in [4.69, 9.17) is 0 Å². The Morgan fingerprint density at radius 3 is 2.42 bits per heavy atom. The largest absolute Gasteiger partial charge is 0.349 e. The van der Waals surface area contributed by atoms with Crippen LogP contribution in [0.4, 0.5) is 0 Å². The van der Waals surface area contributed by atoms with Crippen molar-refractivity contribution in [2.24, 2.45) is 0 Å². The molecule has 8 heteroatoms. The Morgan fingerprint density at radius 2 is 1.76 bits per heavy atom. The molecular weight excluding hydrogens is 478 g/mol. The molecule has 1 saturated heterocycles. The standard InChI is InChI=1S/C30H35N5O3/c1-30(2,3)24-11-9-23(10-12-24)29(38)35(18-16-33-28(37)26-20-31-14-15-32-26)25-13-17-34(21-25)27(36)19-22-7-5-4-6-8-22/h4-12,14-15,20,25H,13,16-19,21H2,1-3H3,(H,33,37). The van der Waals surface area contributed by atoms with Crippen molar-refractivity contribution in [3.63, 3.8) is 0 Å². The van der Waals surface area contributed by atoms with Gasteiger partial charge in [0.05, 0.1) is 18.7 Å². The molecule has 2 heterocycles. The highest BCUT2D eigenvalue weighted by Gasteiger charge is 2.33. The van der Waals surface area contributed by atoms with Gasteiger partial charge in [-0.15, -0.1) is 0 Å². The van der Waals surface area contributed by atoms with Crippen molar-refractivity contribution in [1.29, 1.82) is 0 Å². The summed E-state index contributed by atoms with van der Waals surface area (Å²) in [5.74, 6) is -0.399. The third-order valence-corrected chi connectivity index (χ3v) is 6.85. The number of rotatable bonds is 8. The number of hydrogen-bond donors (Lipinski definition) is 1. The Balaban J connectivity index is 1.46. The van der Waals surface area contributed by atoms with E-state index in [-0.39, 0.29) is 41.4 Å². The summed E-state index contributed by atoms with van der Waals surface area (Å²) in [4.78, 5) is 50.7. The number of aromatic nitrogens is 2. The van der Waals surface area contributed by atoms with Crippen LogP contribution in [-0.2, 0) is 16.6 Å². The summed E-state index contributed by atoms with van der Waals surface area (Å²) in [6.45, 7) is 8.04. The zero-order valence-corrected chi connectivity index (χ0v) is 22.3. The van der Waals surface area contributed by atoms with Gasteiger partial charge in [-0.2, -0.15) is 0 Å². The molecule has 0 spiro atoms. The molecule has 3 aromatic rings. The van der Waals surface area contributed by atoms with Crippen molar-refractivity contribution in [3.8, 4) is 0 Å². The van der Waals surface area contributed by atoms with Crippen LogP contribution in [0.3, 0.4) is 0 Å². The minimum absolute atomic E-state index is 0.0169. The van der Waals surface area contributed by atoms with Crippen LogP contribution in [0.2, 0.25) is 0 Å². The molecule has 0 radical (unpaired) electrons. The number of nitrogens with one attached hydrogen (secondary N) is 1. The van der Waals surface area contributed by atoms with Crippen LogP contribution < -0.4 is 5.32 Å². The molecule has 1 unspecified atom stereocenters. The summed E-state index contributed by atoms with van der Waals surface area (Å²) in [5.41, 5.74) is 2.92. The van der Waals surface area contributed by atoms with Gasteiger partial charge >= 0.3 is 0 Å². The first kappa shape index (κ1) is 27.0. The summed E-state index contributed by atoms with van der Waals surface area (Å²) in [6.07, 6.45) is 5.40. The lowest BCUT2D eigenvalue weighted by Gasteiger charge is -2.30. The third-order valence-electron chi connectivity index (χ3n) is 6.85. The van der Waals surface area contributed by atoms with E-state index in [0.29, 0.717) is 38.0 Å². The van der Waals surface area contributed by atoms with Gasteiger partial charge in [0.1, 0.15) is 5.69 Å². The molecule has 1 aliphatic rings. The van der Waals surface area contributed by atoms with Crippen LogP contribution in [0.5, 0.6) is 0 Å². The summed E-state index contributed by atoms with van der Waals surface area (Å²) < 4.78 is 0. The maximum absolute atomic E-state index is 13.7. The lowest BCUT2D eigenvalue weighted by molar-refractivity contribution is -0.129. The van der Waals surface area contributed by atoms with Gasteiger partial charge in [0.25, 0.3) is 11.8 Å². The van der Waals surface area contributed by atoms with Gasteiger partial charge in [0.2, 0.25) is 5.91 Å². The summed E-state index contributed by atoms with van der Waals surface area (Å²) >= 11 is 0. The third kappa shape index (κ3) is 6.82. The molecule has 1 N–H and O–H groups in total. The molecule has 1 aliphatic heterocycles. The molecule has 8 nitrogen and oxygen atoms in total. The fourth-order valence-corrected chi connectivity index (χ4v) is 4.63. The van der Waals surface area contributed by atoms with Gasteiger partial charge in [0, 0.05) is 44.1 Å². The maximum atomic E-state index is 13.7. The lowest BCUT2D eigenvalue weighted by Crippen LogP contribution is -2.46. The Hall–Kier alpha value is -4.07. The van der Waals surface area contributed by atoms with Crippen molar-refractivity contribution in [1.82, 2.24) is 25.1 Å². The SMILES string of the molecule is CC(C)(C)c1ccc(C(=O)N(CCNC(=O)c2cnccn2)C2CCN(C(=O)Cc3ccccc3)C2)cc1. The van der Waals surface area contributed by atoms with Crippen LogP contribution in [0, 0.1) is 0 Å². The van der Waals surface area contributed by atoms with E-state index in [9.17, 15) is 14.4 Å². The minimum Gasteiger partial charge on any atom is -0.349 e. The fourth-order valence-electron chi connectivity index (χ4n) is 4.63. The Bertz CT molecular complexity index is 1240. The van der Waals surface area contributed by atoms with Crippen molar-refractivity contribution in [2.75, 3.05) is 26.2 Å². The molecule has 0 saturated carbocycles. The summed E-state index contributed by atoms with van der Waals surface area (Å²) in [6, 6.07) is 17.2. The van der Waals surface area contributed by atoms with Crippen LogP contribution in [-0.4, -0.2) is 69.7 Å². The van der Waals surface area contributed by atoms with E-state index in [1.165, 1.54) is 18.6 Å². The van der Waals surface area contributed by atoms with Crippen molar-refractivity contribution in [2.45, 2.75) is 45.1 Å². The molecular formula is C30H35N5O3. The van der Waals surface area contributed by atoms with Gasteiger partial charge in [-0.3, -0.25) is 19.4 Å². The minimum atomic E-state index is -0.342. The van der Waals surface area contributed by atoms with Crippen LogP contribution in [0.25, 0.3) is 0 Å². The molecule has 198 valence electrons. The maximum Gasteiger partial charge on any atom is 0.271 e. The molecule has 3 amide bonds. The van der Waals surface area contributed by atoms with E-state index < -0.39 is 0 Å². The lowest BCUT2D eigenvalue weighted by atomic mass is 9.86. The second-order valence-corrected chi connectivity index (χ2v) is 10.6. The number of likely N-dealkylation sites (tertiary alicyclic amines) is 1. The summed E-state index contributed by atoms with van der Waals surface area (Å²) in [5, 5.41) is 2.84. The van der Waals surface area contributed by atoms with Crippen LogP contribution in [0.1, 0.15) is 59.2 Å². The number of carbonyl (C=O) groups excluding carboxylic acids is 3. The van der Waals surface area contributed by atoms with Crippen LogP contribution >= 0.6 is 0 Å². The number of nitrogens with zero attached hydrogens (tertiary/aromatic N) is 4. The first-order valence-corrected chi connectivity index (χ1v) is 13.0. The average molecular weight is 514 g/mol. The topological polar surface area (TPSA) is 95.5 Å². The highest BCUT2D eigenvalue weighted by atomic mass is 16.2. The van der Waals surface area contributed by atoms with Crippen LogP contribution in [0.15, 0.2) is 73.2 Å². The monoisotopic (exact) mass is 513 g/mol. The molecule has 2 aromatic carbocycles. The molecule has 1 atom stereocenters. The van der Waals surface area contributed by atoms with E-state index in [2.05, 4.69) is 36.1 Å². The molecule has 0 bridgehead atoms. The van der Waals surface area contributed by atoms with Gasteiger partial charge in [0.15, 0.2) is 0 Å². The Labute approximate surface area is 224 Å². The summed E-state index contributed by atoms with van der Waals surface area (Å²) in [7, 11) is 0. The normalized spacial score (nSPS) is 15.2. The second kappa shape index (κ2) is 12.0. The zero-order valence-electron chi connectivity index (χ0n) is 22.3. The number of benzene rings is 2. The first-order chi connectivity index (χ1) is 18.2. The predicted octanol–water partition coefficient (Wildman–Crippen LogP) is 3.49.